The zero-order valence-corrected chi connectivity index (χ0v) is 10.7. The molecule has 2 heterocycles. The van der Waals surface area contributed by atoms with Gasteiger partial charge in [-0.3, -0.25) is 4.79 Å². The van der Waals surface area contributed by atoms with Gasteiger partial charge in [0.15, 0.2) is 0 Å². The van der Waals surface area contributed by atoms with Gasteiger partial charge >= 0.3 is 0 Å². The SMILES string of the molecule is NC(=O)C(NCc1cccs1)C1CCSC1. The third-order valence-electron chi connectivity index (χ3n) is 2.82. The summed E-state index contributed by atoms with van der Waals surface area (Å²) in [5, 5.41) is 5.33. The van der Waals surface area contributed by atoms with Crippen molar-refractivity contribution in [3.63, 3.8) is 0 Å². The third kappa shape index (κ3) is 2.99. The van der Waals surface area contributed by atoms with Gasteiger partial charge in [0.05, 0.1) is 6.04 Å². The van der Waals surface area contributed by atoms with E-state index in [-0.39, 0.29) is 11.9 Å². The van der Waals surface area contributed by atoms with Crippen LogP contribution in [0.2, 0.25) is 0 Å². The Labute approximate surface area is 104 Å². The summed E-state index contributed by atoms with van der Waals surface area (Å²) in [4.78, 5) is 12.6. The molecule has 3 nitrogen and oxygen atoms in total. The highest BCUT2D eigenvalue weighted by Crippen LogP contribution is 2.26. The van der Waals surface area contributed by atoms with E-state index in [4.69, 9.17) is 5.73 Å². The van der Waals surface area contributed by atoms with Crippen molar-refractivity contribution in [3.8, 4) is 0 Å². The predicted octanol–water partition coefficient (Wildman–Crippen LogP) is 1.44. The Kier molecular flexibility index (Phi) is 4.26. The molecule has 1 fully saturated rings. The van der Waals surface area contributed by atoms with E-state index in [1.165, 1.54) is 4.88 Å². The summed E-state index contributed by atoms with van der Waals surface area (Å²) in [6, 6.07) is 3.92. The van der Waals surface area contributed by atoms with Crippen LogP contribution in [0.4, 0.5) is 0 Å². The lowest BCUT2D eigenvalue weighted by Gasteiger charge is -2.20. The molecule has 1 amide bonds. The number of carbonyl (C=O) groups excluding carboxylic acids is 1. The summed E-state index contributed by atoms with van der Waals surface area (Å²) in [5.41, 5.74) is 5.45. The van der Waals surface area contributed by atoms with Gasteiger partial charge in [-0.2, -0.15) is 11.8 Å². The maximum atomic E-state index is 11.4. The number of nitrogens with one attached hydrogen (secondary N) is 1. The molecular weight excluding hydrogens is 240 g/mol. The van der Waals surface area contributed by atoms with Gasteiger partial charge in [0, 0.05) is 11.4 Å². The maximum Gasteiger partial charge on any atom is 0.234 e. The number of hydrogen-bond donors (Lipinski definition) is 2. The Hall–Kier alpha value is -0.520. The van der Waals surface area contributed by atoms with Gasteiger partial charge in [-0.05, 0) is 35.3 Å². The number of carbonyl (C=O) groups is 1. The van der Waals surface area contributed by atoms with Crippen molar-refractivity contribution in [2.75, 3.05) is 11.5 Å². The van der Waals surface area contributed by atoms with E-state index < -0.39 is 0 Å². The molecule has 88 valence electrons. The minimum atomic E-state index is -0.218. The molecule has 0 aromatic carbocycles. The van der Waals surface area contributed by atoms with Crippen molar-refractivity contribution in [2.24, 2.45) is 11.7 Å². The molecule has 0 saturated carbocycles. The van der Waals surface area contributed by atoms with Crippen molar-refractivity contribution >= 4 is 29.0 Å². The second kappa shape index (κ2) is 5.70. The number of nitrogens with two attached hydrogens (primary N) is 1. The number of thioether (sulfide) groups is 1. The highest BCUT2D eigenvalue weighted by atomic mass is 32.2. The average molecular weight is 256 g/mol. The summed E-state index contributed by atoms with van der Waals surface area (Å²) < 4.78 is 0. The first-order valence-electron chi connectivity index (χ1n) is 5.40. The summed E-state index contributed by atoms with van der Waals surface area (Å²) in [7, 11) is 0. The topological polar surface area (TPSA) is 55.1 Å². The first-order valence-corrected chi connectivity index (χ1v) is 7.43. The van der Waals surface area contributed by atoms with Crippen LogP contribution in [0, 0.1) is 5.92 Å². The second-order valence-electron chi connectivity index (χ2n) is 3.96. The zero-order valence-electron chi connectivity index (χ0n) is 9.02. The number of thiophene rings is 1. The molecule has 1 aromatic rings. The zero-order chi connectivity index (χ0) is 11.4. The van der Waals surface area contributed by atoms with Gasteiger partial charge in [0.1, 0.15) is 0 Å². The van der Waals surface area contributed by atoms with Gasteiger partial charge in [-0.15, -0.1) is 11.3 Å². The monoisotopic (exact) mass is 256 g/mol. The summed E-state index contributed by atoms with van der Waals surface area (Å²) >= 11 is 3.61. The largest absolute Gasteiger partial charge is 0.368 e. The minimum Gasteiger partial charge on any atom is -0.368 e. The standard InChI is InChI=1S/C11H16N2OS2/c12-11(14)10(8-3-5-15-7-8)13-6-9-2-1-4-16-9/h1-2,4,8,10,13H,3,5-7H2,(H2,12,14). The van der Waals surface area contributed by atoms with Gasteiger partial charge in [0.2, 0.25) is 5.91 Å². The van der Waals surface area contributed by atoms with Crippen LogP contribution in [0.1, 0.15) is 11.3 Å². The molecule has 16 heavy (non-hydrogen) atoms. The smallest absolute Gasteiger partial charge is 0.234 e. The number of rotatable bonds is 5. The Balaban J connectivity index is 1.90. The minimum absolute atomic E-state index is 0.169. The molecule has 5 heteroatoms. The van der Waals surface area contributed by atoms with Crippen LogP contribution in [0.5, 0.6) is 0 Å². The van der Waals surface area contributed by atoms with E-state index in [9.17, 15) is 4.79 Å². The normalized spacial score (nSPS) is 22.1. The van der Waals surface area contributed by atoms with Crippen molar-refractivity contribution in [1.29, 1.82) is 0 Å². The lowest BCUT2D eigenvalue weighted by atomic mass is 9.98. The molecule has 1 saturated heterocycles. The molecule has 1 aliphatic rings. The Bertz CT molecular complexity index is 334. The molecule has 2 atom stereocenters. The first kappa shape index (κ1) is 12.0. The van der Waals surface area contributed by atoms with Crippen LogP contribution >= 0.6 is 23.1 Å². The molecule has 1 aromatic heterocycles. The fourth-order valence-electron chi connectivity index (χ4n) is 1.94. The number of hydrogen-bond acceptors (Lipinski definition) is 4. The quantitative estimate of drug-likeness (QED) is 0.838. The Morgan fingerprint density at radius 1 is 1.69 bits per heavy atom. The van der Waals surface area contributed by atoms with Gasteiger partial charge in [0.25, 0.3) is 0 Å². The third-order valence-corrected chi connectivity index (χ3v) is 4.88. The number of amides is 1. The predicted molar refractivity (Wildman–Crippen MR) is 69.6 cm³/mol. The lowest BCUT2D eigenvalue weighted by Crippen LogP contribution is -2.46. The van der Waals surface area contributed by atoms with Crippen LogP contribution in [0.3, 0.4) is 0 Å². The molecule has 2 rings (SSSR count). The van der Waals surface area contributed by atoms with Crippen molar-refractivity contribution in [3.05, 3.63) is 22.4 Å². The van der Waals surface area contributed by atoms with E-state index in [0.29, 0.717) is 5.92 Å². The van der Waals surface area contributed by atoms with E-state index in [1.807, 2.05) is 23.2 Å². The second-order valence-corrected chi connectivity index (χ2v) is 6.15. The van der Waals surface area contributed by atoms with Gasteiger partial charge in [-0.25, -0.2) is 0 Å². The Morgan fingerprint density at radius 3 is 3.12 bits per heavy atom. The highest BCUT2D eigenvalue weighted by molar-refractivity contribution is 7.99. The van der Waals surface area contributed by atoms with Crippen LogP contribution in [0.15, 0.2) is 17.5 Å². The van der Waals surface area contributed by atoms with E-state index in [0.717, 1.165) is 24.5 Å². The molecule has 0 spiro atoms. The van der Waals surface area contributed by atoms with Crippen molar-refractivity contribution in [2.45, 2.75) is 19.0 Å². The van der Waals surface area contributed by atoms with Crippen LogP contribution in [-0.4, -0.2) is 23.5 Å². The van der Waals surface area contributed by atoms with Gasteiger partial charge < -0.3 is 11.1 Å². The lowest BCUT2D eigenvalue weighted by molar-refractivity contribution is -0.121. The highest BCUT2D eigenvalue weighted by Gasteiger charge is 2.28. The van der Waals surface area contributed by atoms with Gasteiger partial charge in [-0.1, -0.05) is 6.07 Å². The first-order chi connectivity index (χ1) is 7.77. The fourth-order valence-corrected chi connectivity index (χ4v) is 3.89. The molecule has 0 aliphatic carbocycles. The molecule has 2 unspecified atom stereocenters. The fraction of sp³-hybridized carbons (Fsp3) is 0.545. The molecule has 0 bridgehead atoms. The summed E-state index contributed by atoms with van der Waals surface area (Å²) in [6.07, 6.45) is 1.09. The maximum absolute atomic E-state index is 11.4. The molecule has 1 aliphatic heterocycles. The van der Waals surface area contributed by atoms with Crippen LogP contribution < -0.4 is 11.1 Å². The van der Waals surface area contributed by atoms with E-state index >= 15 is 0 Å². The number of primary amides is 1. The molecule has 3 N–H and O–H groups in total. The summed E-state index contributed by atoms with van der Waals surface area (Å²) in [5.74, 6) is 2.38. The Morgan fingerprint density at radius 2 is 2.56 bits per heavy atom. The van der Waals surface area contributed by atoms with Crippen LogP contribution in [0.25, 0.3) is 0 Å². The van der Waals surface area contributed by atoms with Crippen molar-refractivity contribution in [1.82, 2.24) is 5.32 Å². The summed E-state index contributed by atoms with van der Waals surface area (Å²) in [6.45, 7) is 0.742. The van der Waals surface area contributed by atoms with Crippen molar-refractivity contribution < 1.29 is 4.79 Å². The van der Waals surface area contributed by atoms with E-state index in [1.54, 1.807) is 11.3 Å². The van der Waals surface area contributed by atoms with Crippen LogP contribution in [-0.2, 0) is 11.3 Å². The van der Waals surface area contributed by atoms with E-state index in [2.05, 4.69) is 11.4 Å². The molecule has 0 radical (unpaired) electrons. The molecular formula is C11H16N2OS2. The average Bonchev–Trinajstić information content (AvgIpc) is 2.88.